The zero-order valence-electron chi connectivity index (χ0n) is 6.02. The van der Waals surface area contributed by atoms with Crippen LogP contribution in [0.3, 0.4) is 0 Å². The van der Waals surface area contributed by atoms with Crippen LogP contribution in [-0.2, 0) is 9.08 Å². The van der Waals surface area contributed by atoms with Gasteiger partial charge < -0.3 is 0 Å². The Morgan fingerprint density at radius 2 is 2.00 bits per heavy atom. The van der Waals surface area contributed by atoms with E-state index in [4.69, 9.17) is 11.9 Å². The van der Waals surface area contributed by atoms with E-state index < -0.39 is 5.60 Å². The van der Waals surface area contributed by atoms with Gasteiger partial charge in [0.15, 0.2) is 5.78 Å². The molecule has 0 radical (unpaired) electrons. The molecule has 0 unspecified atom stereocenters. The number of hydrogen-bond acceptors (Lipinski definition) is 2. The summed E-state index contributed by atoms with van der Waals surface area (Å²) in [4.78, 5) is 11.0. The molecule has 0 N–H and O–H groups in total. The number of carbonyl (C=O) groups excluding carboxylic acids is 1. The fourth-order valence-electron chi connectivity index (χ4n) is 1.43. The minimum Gasteiger partial charge on any atom is -0.297 e. The molecule has 1 aliphatic carbocycles. The average molecular weight is 163 g/mol. The van der Waals surface area contributed by atoms with E-state index in [1.165, 1.54) is 6.92 Å². The number of rotatable bonds is 2. The Bertz CT molecular complexity index is 139. The summed E-state index contributed by atoms with van der Waals surface area (Å²) in [6.07, 6.45) is 3.66. The van der Waals surface area contributed by atoms with Crippen LogP contribution in [0, 0.1) is 0 Å². The first-order valence-corrected chi connectivity index (χ1v) is 3.83. The lowest BCUT2D eigenvalue weighted by Gasteiger charge is -2.20. The summed E-state index contributed by atoms with van der Waals surface area (Å²) in [7, 11) is 0. The Hall–Kier alpha value is -0.0800. The van der Waals surface area contributed by atoms with Crippen molar-refractivity contribution in [3.8, 4) is 0 Å². The SMILES string of the molecule is CC(=O)C1(OCl)CCCC1. The molecule has 0 aromatic rings. The van der Waals surface area contributed by atoms with Gasteiger partial charge in [0.25, 0.3) is 0 Å². The summed E-state index contributed by atoms with van der Waals surface area (Å²) in [5.74, 6) is 0.0556. The van der Waals surface area contributed by atoms with Crippen molar-refractivity contribution in [1.82, 2.24) is 0 Å². The molecule has 10 heavy (non-hydrogen) atoms. The van der Waals surface area contributed by atoms with Crippen molar-refractivity contribution >= 4 is 17.6 Å². The Kier molecular flexibility index (Phi) is 2.32. The quantitative estimate of drug-likeness (QED) is 0.622. The highest BCUT2D eigenvalue weighted by atomic mass is 35.5. The summed E-state index contributed by atoms with van der Waals surface area (Å²) < 4.78 is 4.68. The summed E-state index contributed by atoms with van der Waals surface area (Å²) in [5.41, 5.74) is -0.637. The Labute approximate surface area is 65.7 Å². The molecule has 1 fully saturated rings. The van der Waals surface area contributed by atoms with E-state index in [1.54, 1.807) is 0 Å². The van der Waals surface area contributed by atoms with E-state index in [2.05, 4.69) is 4.29 Å². The maximum absolute atomic E-state index is 11.0. The summed E-state index contributed by atoms with van der Waals surface area (Å²) >= 11 is 5.24. The molecule has 1 saturated carbocycles. The monoisotopic (exact) mass is 162 g/mol. The smallest absolute Gasteiger partial charge is 0.163 e. The standard InChI is InChI=1S/C7H11ClO2/c1-6(9)7(10-8)4-2-3-5-7/h2-5H2,1H3. The number of Topliss-reactive ketones (excluding diaryl/α,β-unsaturated/α-hetero) is 1. The molecule has 2 nitrogen and oxygen atoms in total. The summed E-state index contributed by atoms with van der Waals surface area (Å²) in [6.45, 7) is 1.54. The van der Waals surface area contributed by atoms with Gasteiger partial charge in [-0.2, -0.15) is 0 Å². The third kappa shape index (κ3) is 1.18. The minimum atomic E-state index is -0.637. The molecule has 0 aromatic carbocycles. The predicted molar refractivity (Wildman–Crippen MR) is 38.8 cm³/mol. The fraction of sp³-hybridized carbons (Fsp3) is 0.857. The van der Waals surface area contributed by atoms with Crippen LogP contribution in [0.25, 0.3) is 0 Å². The van der Waals surface area contributed by atoms with E-state index >= 15 is 0 Å². The zero-order valence-corrected chi connectivity index (χ0v) is 6.78. The normalized spacial score (nSPS) is 23.0. The largest absolute Gasteiger partial charge is 0.297 e. The molecule has 0 aromatic heterocycles. The third-order valence-corrected chi connectivity index (χ3v) is 2.50. The summed E-state index contributed by atoms with van der Waals surface area (Å²) in [5, 5.41) is 0. The molecular weight excluding hydrogens is 152 g/mol. The number of halogens is 1. The highest BCUT2D eigenvalue weighted by molar-refractivity contribution is 6.09. The van der Waals surface area contributed by atoms with Crippen LogP contribution in [0.4, 0.5) is 0 Å². The van der Waals surface area contributed by atoms with Crippen LogP contribution >= 0.6 is 11.9 Å². The topological polar surface area (TPSA) is 26.3 Å². The number of hydrogen-bond donors (Lipinski definition) is 0. The molecule has 3 heteroatoms. The summed E-state index contributed by atoms with van der Waals surface area (Å²) in [6, 6.07) is 0. The fourth-order valence-corrected chi connectivity index (χ4v) is 1.69. The van der Waals surface area contributed by atoms with Crippen molar-refractivity contribution < 1.29 is 9.08 Å². The van der Waals surface area contributed by atoms with Crippen LogP contribution < -0.4 is 0 Å². The molecule has 0 aliphatic heterocycles. The van der Waals surface area contributed by atoms with Gasteiger partial charge in [-0.05, 0) is 32.6 Å². The van der Waals surface area contributed by atoms with Crippen molar-refractivity contribution in [3.63, 3.8) is 0 Å². The molecule has 1 rings (SSSR count). The van der Waals surface area contributed by atoms with Crippen molar-refractivity contribution in [2.75, 3.05) is 0 Å². The van der Waals surface area contributed by atoms with Gasteiger partial charge in [0.1, 0.15) is 5.60 Å². The van der Waals surface area contributed by atoms with Gasteiger partial charge in [-0.1, -0.05) is 0 Å². The Morgan fingerprint density at radius 1 is 1.50 bits per heavy atom. The van der Waals surface area contributed by atoms with Gasteiger partial charge in [-0.15, -0.1) is 0 Å². The number of carbonyl (C=O) groups is 1. The van der Waals surface area contributed by atoms with Crippen molar-refractivity contribution in [2.24, 2.45) is 0 Å². The minimum absolute atomic E-state index is 0.0556. The molecule has 0 saturated heterocycles. The van der Waals surface area contributed by atoms with E-state index in [-0.39, 0.29) is 5.78 Å². The molecule has 0 amide bonds. The van der Waals surface area contributed by atoms with Crippen molar-refractivity contribution in [1.29, 1.82) is 0 Å². The van der Waals surface area contributed by atoms with E-state index in [1.807, 2.05) is 0 Å². The molecule has 58 valence electrons. The third-order valence-electron chi connectivity index (χ3n) is 2.20. The lowest BCUT2D eigenvalue weighted by Crippen LogP contribution is -2.33. The van der Waals surface area contributed by atoms with Crippen molar-refractivity contribution in [3.05, 3.63) is 0 Å². The molecule has 0 spiro atoms. The zero-order chi connectivity index (χ0) is 7.61. The van der Waals surface area contributed by atoms with E-state index in [0.29, 0.717) is 0 Å². The van der Waals surface area contributed by atoms with Crippen LogP contribution in [0.15, 0.2) is 0 Å². The second-order valence-electron chi connectivity index (χ2n) is 2.83. The van der Waals surface area contributed by atoms with Crippen molar-refractivity contribution in [2.45, 2.75) is 38.2 Å². The maximum Gasteiger partial charge on any atom is 0.163 e. The molecular formula is C7H11ClO2. The average Bonchev–Trinajstić information content (AvgIpc) is 2.35. The van der Waals surface area contributed by atoms with Gasteiger partial charge in [-0.25, -0.2) is 0 Å². The lowest BCUT2D eigenvalue weighted by molar-refractivity contribution is -0.131. The van der Waals surface area contributed by atoms with E-state index in [0.717, 1.165) is 25.7 Å². The predicted octanol–water partition coefficient (Wildman–Crippen LogP) is 2.06. The molecule has 1 aliphatic rings. The first-order chi connectivity index (χ1) is 4.71. The van der Waals surface area contributed by atoms with Crippen LogP contribution in [-0.4, -0.2) is 11.4 Å². The first-order valence-electron chi connectivity index (χ1n) is 3.52. The second-order valence-corrected chi connectivity index (χ2v) is 2.99. The van der Waals surface area contributed by atoms with Gasteiger partial charge in [0.05, 0.1) is 11.9 Å². The van der Waals surface area contributed by atoms with Gasteiger partial charge >= 0.3 is 0 Å². The van der Waals surface area contributed by atoms with Gasteiger partial charge in [-0.3, -0.25) is 9.08 Å². The highest BCUT2D eigenvalue weighted by Gasteiger charge is 2.39. The van der Waals surface area contributed by atoms with Crippen LogP contribution in [0.5, 0.6) is 0 Å². The first kappa shape index (κ1) is 8.02. The Balaban J connectivity index is 2.67. The molecule has 0 bridgehead atoms. The lowest BCUT2D eigenvalue weighted by atomic mass is 9.98. The van der Waals surface area contributed by atoms with Gasteiger partial charge in [0.2, 0.25) is 0 Å². The van der Waals surface area contributed by atoms with E-state index in [9.17, 15) is 4.79 Å². The molecule has 0 heterocycles. The molecule has 0 atom stereocenters. The van der Waals surface area contributed by atoms with Crippen LogP contribution in [0.2, 0.25) is 0 Å². The van der Waals surface area contributed by atoms with Gasteiger partial charge in [0, 0.05) is 0 Å². The maximum atomic E-state index is 11.0. The van der Waals surface area contributed by atoms with Crippen LogP contribution in [0.1, 0.15) is 32.6 Å². The second kappa shape index (κ2) is 2.89. The Morgan fingerprint density at radius 3 is 2.20 bits per heavy atom. The number of ketones is 1. The highest BCUT2D eigenvalue weighted by Crippen LogP contribution is 2.34.